The molecule has 27 rings (SSSR count). The van der Waals surface area contributed by atoms with Gasteiger partial charge in [0.2, 0.25) is 0 Å². The van der Waals surface area contributed by atoms with Gasteiger partial charge in [-0.05, 0) is 310 Å². The molecule has 0 amide bonds. The molecular formula is C139H96Cl3N3. The zero-order valence-corrected chi connectivity index (χ0v) is 82.2. The minimum absolute atomic E-state index is 0.0685. The first-order valence-electron chi connectivity index (χ1n) is 49.6. The molecule has 0 saturated carbocycles. The Morgan fingerprint density at radius 1 is 0.172 bits per heavy atom. The predicted octanol–water partition coefficient (Wildman–Crippen LogP) is 39.2. The summed E-state index contributed by atoms with van der Waals surface area (Å²) in [4.78, 5) is 6.90. The molecule has 0 unspecified atom stereocenters. The number of fused-ring (bicyclic) bond motifs is 18. The summed E-state index contributed by atoms with van der Waals surface area (Å²) in [5.74, 6) is 0. The quantitative estimate of drug-likeness (QED) is 0.0893. The molecule has 6 heteroatoms. The average Bonchev–Trinajstić information content (AvgIpc) is 1.53. The SMILES string of the molecule is CC1(C)c2ccccc2-c2cc(-c3cc(Cl)cc(N(c4ccccc4)c4ccccc4)c3)c3ccccc3c21.Clc1cc(-c2cc3c(c4ccccc24)C(c2ccccc2)(c2ccccc2)c2ccccc2-3)cc(N(c2ccccc2)c2cc3ccccc3c3ccccc23)c1.Clc1cc(-c2ccc3c(c2)-c2c(ccc4ccccc24)C3(c2ccccc2)c2ccccc2)cc(N(c2ccccc2)c2ccccc2)c1. The number of nitrogens with zero attached hydrogens (tertiary/aromatic N) is 3. The molecule has 3 nitrogen and oxygen atoms in total. The summed E-state index contributed by atoms with van der Waals surface area (Å²) in [5, 5.41) is 14.4. The van der Waals surface area contributed by atoms with Crippen molar-refractivity contribution >= 4 is 140 Å². The highest BCUT2D eigenvalue weighted by Crippen LogP contribution is 2.63. The van der Waals surface area contributed by atoms with E-state index in [0.717, 1.165) is 79.0 Å². The van der Waals surface area contributed by atoms with Gasteiger partial charge >= 0.3 is 0 Å². The second-order valence-electron chi connectivity index (χ2n) is 38.4. The molecule has 24 aromatic carbocycles. The number of anilines is 9. The Morgan fingerprint density at radius 3 is 0.986 bits per heavy atom. The average molecular weight is 1910 g/mol. The van der Waals surface area contributed by atoms with Crippen LogP contribution in [0.15, 0.2) is 546 Å². The van der Waals surface area contributed by atoms with Gasteiger partial charge in [0.05, 0.1) is 16.5 Å². The lowest BCUT2D eigenvalue weighted by atomic mass is 9.66. The van der Waals surface area contributed by atoms with Crippen molar-refractivity contribution in [2.24, 2.45) is 0 Å². The number of rotatable bonds is 16. The molecule has 0 bridgehead atoms. The maximum atomic E-state index is 7.26. The second-order valence-corrected chi connectivity index (χ2v) is 39.7. The van der Waals surface area contributed by atoms with Gasteiger partial charge in [0.15, 0.2) is 0 Å². The summed E-state index contributed by atoms with van der Waals surface area (Å²) in [7, 11) is 0. The van der Waals surface area contributed by atoms with E-state index in [1.807, 2.05) is 24.3 Å². The van der Waals surface area contributed by atoms with E-state index in [1.165, 1.54) is 148 Å². The second kappa shape index (κ2) is 37.4. The first-order valence-corrected chi connectivity index (χ1v) is 50.8. The molecule has 0 atom stereocenters. The van der Waals surface area contributed by atoms with Crippen LogP contribution in [0.1, 0.15) is 69.5 Å². The first kappa shape index (κ1) is 89.2. The van der Waals surface area contributed by atoms with Gasteiger partial charge in [-0.2, -0.15) is 0 Å². The van der Waals surface area contributed by atoms with Crippen molar-refractivity contribution in [2.45, 2.75) is 30.1 Å². The normalized spacial score (nSPS) is 12.9. The summed E-state index contributed by atoms with van der Waals surface area (Å²) >= 11 is 21.1. The fraction of sp³-hybridized carbons (Fsp3) is 0.0360. The Kier molecular flexibility index (Phi) is 23.0. The maximum absolute atomic E-state index is 7.26. The number of hydrogen-bond acceptors (Lipinski definition) is 3. The fourth-order valence-corrected chi connectivity index (χ4v) is 24.6. The monoisotopic (exact) mass is 1910 g/mol. The Bertz CT molecular complexity index is 8900. The summed E-state index contributed by atoms with van der Waals surface area (Å²) in [5.41, 5.74) is 35.9. The Morgan fingerprint density at radius 2 is 0.503 bits per heavy atom. The van der Waals surface area contributed by atoms with Crippen molar-refractivity contribution in [3.05, 3.63) is 617 Å². The van der Waals surface area contributed by atoms with E-state index in [4.69, 9.17) is 34.8 Å². The van der Waals surface area contributed by atoms with Gasteiger partial charge in [-0.25, -0.2) is 0 Å². The van der Waals surface area contributed by atoms with Crippen LogP contribution in [0, 0.1) is 0 Å². The van der Waals surface area contributed by atoms with Crippen molar-refractivity contribution in [3.63, 3.8) is 0 Å². The van der Waals surface area contributed by atoms with E-state index in [0.29, 0.717) is 15.1 Å². The Hall–Kier alpha value is -17.2. The van der Waals surface area contributed by atoms with Crippen LogP contribution in [-0.2, 0) is 16.2 Å². The van der Waals surface area contributed by atoms with E-state index < -0.39 is 10.8 Å². The van der Waals surface area contributed by atoms with Crippen LogP contribution in [-0.4, -0.2) is 0 Å². The number of benzene rings is 24. The lowest BCUT2D eigenvalue weighted by Crippen LogP contribution is -2.28. The summed E-state index contributed by atoms with van der Waals surface area (Å²) < 4.78 is 0. The van der Waals surface area contributed by atoms with Crippen LogP contribution >= 0.6 is 34.8 Å². The predicted molar refractivity (Wildman–Crippen MR) is 614 cm³/mol. The fourth-order valence-electron chi connectivity index (χ4n) is 23.9. The largest absolute Gasteiger partial charge is 0.310 e. The lowest BCUT2D eigenvalue weighted by molar-refractivity contribution is 0.666. The highest BCUT2D eigenvalue weighted by molar-refractivity contribution is 6.32. The molecule has 0 saturated heterocycles. The third-order valence-electron chi connectivity index (χ3n) is 29.9. The van der Waals surface area contributed by atoms with Gasteiger partial charge in [0, 0.05) is 71.4 Å². The van der Waals surface area contributed by atoms with Crippen LogP contribution in [0.4, 0.5) is 51.2 Å². The standard InChI is InChI=1S/C55H36ClN.C47H32ClN.C37H28ClN/c56-41-32-38(33-43(35-41)57(42-23-8-3-9-24-42)53-34-37-18-10-11-25-44(37)45-26-12-14-29-48(45)53)50-36-51-47-28-16-17-31-52(47)55(39-19-4-1-5-20-39,40-21-6-2-7-22-40)54(51)49-30-15-13-27-46(49)50;48-38-29-35(30-41(32-38)49(39-20-9-3-10-21-39)40-22-11-4-12-23-40)34-26-27-44-43(31-34)46-42-24-14-13-15-33(42)25-28-45(46)47(44,36-16-5-1-6-17-36)37-18-7-2-8-19-37;1-37(2)35-20-12-11-18-31(35)34-24-33(30-17-9-10-19-32(30)36(34)37)25-21-26(38)23-29(22-25)39(27-13-5-3-6-14-27)28-15-7-4-8-16-28/h1-36H;1-32H;3-24H,1-2H3. The Labute approximate surface area is 861 Å². The molecule has 145 heavy (non-hydrogen) atoms. The molecular weight excluding hydrogens is 1820 g/mol. The van der Waals surface area contributed by atoms with Gasteiger partial charge < -0.3 is 14.7 Å². The summed E-state index contributed by atoms with van der Waals surface area (Å²) in [6.45, 7) is 4.69. The third kappa shape index (κ3) is 15.4. The molecule has 3 aliphatic rings. The molecule has 0 spiro atoms. The van der Waals surface area contributed by atoms with E-state index in [1.54, 1.807) is 0 Å². The van der Waals surface area contributed by atoms with Crippen LogP contribution in [0.25, 0.3) is 121 Å². The van der Waals surface area contributed by atoms with Crippen molar-refractivity contribution < 1.29 is 0 Å². The molecule has 0 radical (unpaired) electrons. The van der Waals surface area contributed by atoms with E-state index in [-0.39, 0.29) is 5.41 Å². The van der Waals surface area contributed by atoms with E-state index in [9.17, 15) is 0 Å². The summed E-state index contributed by atoms with van der Waals surface area (Å²) in [6.07, 6.45) is 0. The number of halogens is 3. The third-order valence-corrected chi connectivity index (χ3v) is 30.5. The van der Waals surface area contributed by atoms with Gasteiger partial charge in [-0.3, -0.25) is 0 Å². The topological polar surface area (TPSA) is 9.72 Å². The van der Waals surface area contributed by atoms with Crippen LogP contribution in [0.3, 0.4) is 0 Å². The minimum atomic E-state index is -0.507. The molecule has 0 aromatic heterocycles. The van der Waals surface area contributed by atoms with Gasteiger partial charge in [0.1, 0.15) is 0 Å². The minimum Gasteiger partial charge on any atom is -0.310 e. The molecule has 0 heterocycles. The molecule has 0 fully saturated rings. The Balaban J connectivity index is 0.000000116. The maximum Gasteiger partial charge on any atom is 0.0719 e. The van der Waals surface area contributed by atoms with Crippen LogP contribution < -0.4 is 14.7 Å². The molecule has 0 N–H and O–H groups in total. The smallest absolute Gasteiger partial charge is 0.0719 e. The zero-order valence-electron chi connectivity index (χ0n) is 79.9. The van der Waals surface area contributed by atoms with Crippen LogP contribution in [0.2, 0.25) is 15.1 Å². The highest BCUT2D eigenvalue weighted by atomic mass is 35.5. The van der Waals surface area contributed by atoms with Gasteiger partial charge in [0.25, 0.3) is 0 Å². The van der Waals surface area contributed by atoms with Crippen molar-refractivity contribution in [1.82, 2.24) is 0 Å². The van der Waals surface area contributed by atoms with Gasteiger partial charge in [-0.15, -0.1) is 0 Å². The highest BCUT2D eigenvalue weighted by Gasteiger charge is 2.50. The van der Waals surface area contributed by atoms with Crippen molar-refractivity contribution in [2.75, 3.05) is 14.7 Å². The molecule has 3 aliphatic carbocycles. The number of hydrogen-bond donors (Lipinski definition) is 0. The molecule has 0 aliphatic heterocycles. The van der Waals surface area contributed by atoms with Crippen molar-refractivity contribution in [3.8, 4) is 66.8 Å². The molecule has 24 aromatic rings. The lowest BCUT2D eigenvalue weighted by Gasteiger charge is -2.35. The molecule has 688 valence electrons. The zero-order chi connectivity index (χ0) is 97.3. The van der Waals surface area contributed by atoms with Crippen molar-refractivity contribution in [1.29, 1.82) is 0 Å². The van der Waals surface area contributed by atoms with Crippen LogP contribution in [0.5, 0.6) is 0 Å². The number of para-hydroxylation sites is 5. The first-order chi connectivity index (χ1) is 71.4. The van der Waals surface area contributed by atoms with Gasteiger partial charge in [-0.1, -0.05) is 455 Å². The summed E-state index contributed by atoms with van der Waals surface area (Å²) in [6, 6.07) is 196. The van der Waals surface area contributed by atoms with E-state index in [2.05, 4.69) is 550 Å². The van der Waals surface area contributed by atoms with E-state index >= 15 is 0 Å².